The van der Waals surface area contributed by atoms with Crippen LogP contribution >= 0.6 is 11.3 Å². The van der Waals surface area contributed by atoms with E-state index in [0.29, 0.717) is 5.56 Å². The van der Waals surface area contributed by atoms with Crippen molar-refractivity contribution in [3.63, 3.8) is 0 Å². The molecule has 0 aliphatic carbocycles. The monoisotopic (exact) mass is 381 g/mol. The van der Waals surface area contributed by atoms with Gasteiger partial charge in [-0.15, -0.1) is 11.3 Å². The van der Waals surface area contributed by atoms with Crippen LogP contribution in [0, 0.1) is 11.3 Å². The number of aromatic nitrogens is 4. The Kier molecular flexibility index (Phi) is 3.81. The average Bonchev–Trinajstić information content (AvgIpc) is 3.42. The number of thiophene rings is 1. The fraction of sp³-hybridized carbons (Fsp3) is 0.0455. The van der Waals surface area contributed by atoms with Crippen molar-refractivity contribution in [2.45, 2.75) is 0 Å². The van der Waals surface area contributed by atoms with E-state index in [2.05, 4.69) is 11.1 Å². The van der Waals surface area contributed by atoms with Crippen LogP contribution in [0.2, 0.25) is 0 Å². The number of hydrogen-bond donors (Lipinski definition) is 0. The Labute approximate surface area is 165 Å². The van der Waals surface area contributed by atoms with Crippen LogP contribution in [-0.2, 0) is 7.05 Å². The topological polar surface area (TPSA) is 59.4 Å². The van der Waals surface area contributed by atoms with Crippen LogP contribution in [0.4, 0.5) is 0 Å². The molecule has 0 atom stereocenters. The van der Waals surface area contributed by atoms with E-state index in [0.717, 1.165) is 37.9 Å². The maximum absolute atomic E-state index is 10.0. The second kappa shape index (κ2) is 6.48. The van der Waals surface area contributed by atoms with Gasteiger partial charge in [-0.25, -0.2) is 9.67 Å². The Morgan fingerprint density at radius 3 is 2.36 bits per heavy atom. The summed E-state index contributed by atoms with van der Waals surface area (Å²) in [5, 5.41) is 14.9. The lowest BCUT2D eigenvalue weighted by Crippen LogP contribution is -1.98. The molecule has 0 unspecified atom stereocenters. The van der Waals surface area contributed by atoms with Gasteiger partial charge in [0.25, 0.3) is 0 Å². The average molecular weight is 381 g/mol. The molecule has 0 fully saturated rings. The summed E-state index contributed by atoms with van der Waals surface area (Å²) < 4.78 is 4.80. The van der Waals surface area contributed by atoms with Crippen molar-refractivity contribution in [1.82, 2.24) is 19.3 Å². The van der Waals surface area contributed by atoms with E-state index < -0.39 is 0 Å². The predicted molar refractivity (Wildman–Crippen MR) is 111 cm³/mol. The minimum Gasteiger partial charge on any atom is -0.333 e. The van der Waals surface area contributed by atoms with Gasteiger partial charge in [0.15, 0.2) is 5.82 Å². The van der Waals surface area contributed by atoms with E-state index in [1.54, 1.807) is 17.5 Å². The largest absolute Gasteiger partial charge is 0.333 e. The molecule has 2 aromatic carbocycles. The van der Waals surface area contributed by atoms with Crippen LogP contribution in [0.15, 0.2) is 73.1 Å². The predicted octanol–water partition coefficient (Wildman–Crippen LogP) is 5.03. The van der Waals surface area contributed by atoms with Gasteiger partial charge in [-0.2, -0.15) is 10.4 Å². The maximum atomic E-state index is 10.0. The Morgan fingerprint density at radius 1 is 1.00 bits per heavy atom. The highest BCUT2D eigenvalue weighted by molar-refractivity contribution is 7.23. The third kappa shape index (κ3) is 2.45. The zero-order valence-corrected chi connectivity index (χ0v) is 15.9. The summed E-state index contributed by atoms with van der Waals surface area (Å²) in [6, 6.07) is 22.4. The van der Waals surface area contributed by atoms with Gasteiger partial charge >= 0.3 is 0 Å². The Morgan fingerprint density at radius 2 is 1.71 bits per heavy atom. The molecule has 0 radical (unpaired) electrons. The standard InChI is InChI=1S/C22H15N5S/c1-26-13-12-24-22(26)20-17(14-23)19-21(28-20)18(15-8-4-2-5-9-15)25-27(19)16-10-6-3-7-11-16/h2-13H,1H3. The molecule has 0 N–H and O–H groups in total. The van der Waals surface area contributed by atoms with Gasteiger partial charge in [-0.1, -0.05) is 48.5 Å². The molecule has 134 valence electrons. The molecule has 0 aliphatic rings. The molecule has 0 bridgehead atoms. The first-order valence-corrected chi connectivity index (χ1v) is 9.63. The zero-order valence-electron chi connectivity index (χ0n) is 15.1. The van der Waals surface area contributed by atoms with Crippen molar-refractivity contribution in [3.8, 4) is 33.7 Å². The number of para-hydroxylation sites is 1. The molecule has 28 heavy (non-hydrogen) atoms. The maximum Gasteiger partial charge on any atom is 0.151 e. The van der Waals surface area contributed by atoms with Gasteiger partial charge in [-0.05, 0) is 12.1 Å². The van der Waals surface area contributed by atoms with Crippen molar-refractivity contribution >= 4 is 21.6 Å². The van der Waals surface area contributed by atoms with Gasteiger partial charge in [0.1, 0.15) is 22.8 Å². The van der Waals surface area contributed by atoms with Crippen LogP contribution < -0.4 is 0 Å². The fourth-order valence-electron chi connectivity index (χ4n) is 3.37. The molecule has 0 aliphatic heterocycles. The molecular formula is C22H15N5S. The van der Waals surface area contributed by atoms with Crippen molar-refractivity contribution in [3.05, 3.63) is 78.6 Å². The molecule has 3 heterocycles. The van der Waals surface area contributed by atoms with E-state index >= 15 is 0 Å². The van der Waals surface area contributed by atoms with Crippen LogP contribution in [0.25, 0.3) is 37.9 Å². The highest BCUT2D eigenvalue weighted by Crippen LogP contribution is 2.43. The molecule has 5 rings (SSSR count). The third-order valence-electron chi connectivity index (χ3n) is 4.69. The number of nitrogens with zero attached hydrogens (tertiary/aromatic N) is 5. The first-order valence-electron chi connectivity index (χ1n) is 8.82. The molecule has 0 spiro atoms. The SMILES string of the molecule is Cn1ccnc1-c1sc2c(-c3ccccc3)nn(-c3ccccc3)c2c1C#N. The number of benzene rings is 2. The van der Waals surface area contributed by atoms with Crippen molar-refractivity contribution < 1.29 is 0 Å². The van der Waals surface area contributed by atoms with E-state index in [1.165, 1.54) is 0 Å². The molecule has 5 nitrogen and oxygen atoms in total. The Hall–Kier alpha value is -3.69. The molecule has 0 amide bonds. The van der Waals surface area contributed by atoms with E-state index in [1.807, 2.05) is 83.2 Å². The van der Waals surface area contributed by atoms with E-state index in [9.17, 15) is 5.26 Å². The molecule has 0 saturated carbocycles. The summed E-state index contributed by atoms with van der Waals surface area (Å²) in [4.78, 5) is 5.33. The summed E-state index contributed by atoms with van der Waals surface area (Å²) in [5.41, 5.74) is 4.26. The molecule has 6 heteroatoms. The summed E-state index contributed by atoms with van der Waals surface area (Å²) in [6.07, 6.45) is 3.64. The highest BCUT2D eigenvalue weighted by Gasteiger charge is 2.25. The van der Waals surface area contributed by atoms with Crippen LogP contribution in [0.5, 0.6) is 0 Å². The van der Waals surface area contributed by atoms with E-state index in [-0.39, 0.29) is 0 Å². The summed E-state index contributed by atoms with van der Waals surface area (Å²) in [6.45, 7) is 0. The smallest absolute Gasteiger partial charge is 0.151 e. The number of rotatable bonds is 3. The fourth-order valence-corrected chi connectivity index (χ4v) is 4.64. The summed E-state index contributed by atoms with van der Waals surface area (Å²) in [7, 11) is 1.94. The molecule has 0 saturated heterocycles. The van der Waals surface area contributed by atoms with Crippen molar-refractivity contribution in [2.75, 3.05) is 0 Å². The number of aryl methyl sites for hydroxylation is 1. The van der Waals surface area contributed by atoms with Gasteiger partial charge < -0.3 is 4.57 Å². The summed E-state index contributed by atoms with van der Waals surface area (Å²) in [5.74, 6) is 0.788. The molecule has 5 aromatic rings. The normalized spacial score (nSPS) is 11.0. The van der Waals surface area contributed by atoms with Crippen LogP contribution in [-0.4, -0.2) is 19.3 Å². The van der Waals surface area contributed by atoms with Crippen molar-refractivity contribution in [1.29, 1.82) is 5.26 Å². The zero-order chi connectivity index (χ0) is 19.1. The number of imidazole rings is 1. The third-order valence-corrected chi connectivity index (χ3v) is 5.88. The van der Waals surface area contributed by atoms with E-state index in [4.69, 9.17) is 5.10 Å². The minimum atomic E-state index is 0.604. The lowest BCUT2D eigenvalue weighted by Gasteiger charge is -2.04. The Balaban J connectivity index is 1.89. The van der Waals surface area contributed by atoms with Crippen LogP contribution in [0.3, 0.4) is 0 Å². The van der Waals surface area contributed by atoms with Gasteiger partial charge in [0, 0.05) is 25.0 Å². The van der Waals surface area contributed by atoms with Gasteiger partial charge in [-0.3, -0.25) is 0 Å². The molecule has 3 aromatic heterocycles. The van der Waals surface area contributed by atoms with Crippen molar-refractivity contribution in [2.24, 2.45) is 7.05 Å². The number of fused-ring (bicyclic) bond motifs is 1. The lowest BCUT2D eigenvalue weighted by molar-refractivity contribution is 0.912. The summed E-state index contributed by atoms with van der Waals surface area (Å²) >= 11 is 1.57. The Bertz CT molecular complexity index is 1320. The second-order valence-corrected chi connectivity index (χ2v) is 7.44. The van der Waals surface area contributed by atoms with Gasteiger partial charge in [0.05, 0.1) is 15.3 Å². The molecular weight excluding hydrogens is 366 g/mol. The first kappa shape index (κ1) is 16.5. The van der Waals surface area contributed by atoms with Crippen LogP contribution in [0.1, 0.15) is 5.56 Å². The quantitative estimate of drug-likeness (QED) is 0.441. The number of hydrogen-bond acceptors (Lipinski definition) is 4. The lowest BCUT2D eigenvalue weighted by atomic mass is 10.1. The second-order valence-electron chi connectivity index (χ2n) is 6.42. The minimum absolute atomic E-state index is 0.604. The first-order chi connectivity index (χ1) is 13.8. The number of nitriles is 1. The highest BCUT2D eigenvalue weighted by atomic mass is 32.1. The van der Waals surface area contributed by atoms with Gasteiger partial charge in [0.2, 0.25) is 0 Å².